The van der Waals surface area contributed by atoms with Crippen LogP contribution in [0.3, 0.4) is 0 Å². The Bertz CT molecular complexity index is 563. The third-order valence-electron chi connectivity index (χ3n) is 3.84. The maximum Gasteiger partial charge on any atom is 0.119 e. The normalized spacial score (nSPS) is 10.4. The van der Waals surface area contributed by atoms with Crippen molar-refractivity contribution in [1.82, 2.24) is 0 Å². The van der Waals surface area contributed by atoms with Crippen LogP contribution < -0.4 is 14.8 Å². The lowest BCUT2D eigenvalue weighted by molar-refractivity contribution is 0.305. The second-order valence-electron chi connectivity index (χ2n) is 6.02. The highest BCUT2D eigenvalue weighted by Crippen LogP contribution is 2.16. The van der Waals surface area contributed by atoms with Crippen molar-refractivity contribution in [2.24, 2.45) is 0 Å². The summed E-state index contributed by atoms with van der Waals surface area (Å²) in [7, 11) is 0. The minimum Gasteiger partial charge on any atom is -0.494 e. The molecule has 2 aromatic rings. The fourth-order valence-corrected chi connectivity index (χ4v) is 2.39. The molecule has 3 nitrogen and oxygen atoms in total. The fraction of sp³-hybridized carbons (Fsp3) is 0.429. The Kier molecular flexibility index (Phi) is 8.02. The molecule has 1 N–H and O–H groups in total. The number of hydrogen-bond acceptors (Lipinski definition) is 3. The van der Waals surface area contributed by atoms with E-state index >= 15 is 0 Å². The molecule has 0 radical (unpaired) electrons. The van der Waals surface area contributed by atoms with Crippen molar-refractivity contribution in [3.63, 3.8) is 0 Å². The summed E-state index contributed by atoms with van der Waals surface area (Å²) in [5.41, 5.74) is 2.33. The Morgan fingerprint density at radius 1 is 0.750 bits per heavy atom. The van der Waals surface area contributed by atoms with Crippen molar-refractivity contribution in [3.05, 3.63) is 54.1 Å². The van der Waals surface area contributed by atoms with E-state index in [1.165, 1.54) is 24.8 Å². The largest absolute Gasteiger partial charge is 0.494 e. The SMILES string of the molecule is CCCCCCOc1ccc(NCCOc2ccc(C)cc2)cc1. The monoisotopic (exact) mass is 327 g/mol. The van der Waals surface area contributed by atoms with Crippen LogP contribution >= 0.6 is 0 Å². The molecule has 0 aliphatic carbocycles. The summed E-state index contributed by atoms with van der Waals surface area (Å²) in [4.78, 5) is 0. The Labute approximate surface area is 146 Å². The number of ether oxygens (including phenoxy) is 2. The van der Waals surface area contributed by atoms with Crippen LogP contribution in [0.4, 0.5) is 5.69 Å². The van der Waals surface area contributed by atoms with Crippen LogP contribution in [0.1, 0.15) is 38.2 Å². The Hall–Kier alpha value is -2.16. The first-order chi connectivity index (χ1) is 11.8. The van der Waals surface area contributed by atoms with E-state index in [2.05, 4.69) is 31.3 Å². The molecular weight excluding hydrogens is 298 g/mol. The van der Waals surface area contributed by atoms with Crippen molar-refractivity contribution < 1.29 is 9.47 Å². The average molecular weight is 327 g/mol. The molecule has 0 spiro atoms. The summed E-state index contributed by atoms with van der Waals surface area (Å²) in [6, 6.07) is 16.3. The maximum absolute atomic E-state index is 5.75. The van der Waals surface area contributed by atoms with Crippen LogP contribution in [0.2, 0.25) is 0 Å². The highest BCUT2D eigenvalue weighted by atomic mass is 16.5. The Morgan fingerprint density at radius 3 is 2.04 bits per heavy atom. The number of anilines is 1. The second-order valence-corrected chi connectivity index (χ2v) is 6.02. The van der Waals surface area contributed by atoms with Gasteiger partial charge in [0.25, 0.3) is 0 Å². The van der Waals surface area contributed by atoms with Gasteiger partial charge in [-0.1, -0.05) is 43.9 Å². The van der Waals surface area contributed by atoms with Crippen LogP contribution in [-0.4, -0.2) is 19.8 Å². The third kappa shape index (κ3) is 6.95. The Morgan fingerprint density at radius 2 is 1.38 bits per heavy atom. The average Bonchev–Trinajstić information content (AvgIpc) is 2.61. The van der Waals surface area contributed by atoms with Gasteiger partial charge in [0, 0.05) is 12.2 Å². The highest BCUT2D eigenvalue weighted by molar-refractivity contribution is 5.46. The predicted molar refractivity (Wildman–Crippen MR) is 101 cm³/mol. The van der Waals surface area contributed by atoms with Crippen molar-refractivity contribution in [2.45, 2.75) is 39.5 Å². The molecule has 0 atom stereocenters. The number of benzene rings is 2. The van der Waals surface area contributed by atoms with Crippen LogP contribution in [0.25, 0.3) is 0 Å². The van der Waals surface area contributed by atoms with Crippen molar-refractivity contribution >= 4 is 5.69 Å². The van der Waals surface area contributed by atoms with Gasteiger partial charge >= 0.3 is 0 Å². The molecule has 2 rings (SSSR count). The molecule has 24 heavy (non-hydrogen) atoms. The summed E-state index contributed by atoms with van der Waals surface area (Å²) in [6.45, 7) is 6.50. The van der Waals surface area contributed by atoms with Gasteiger partial charge in [-0.15, -0.1) is 0 Å². The zero-order valence-corrected chi connectivity index (χ0v) is 14.9. The summed E-state index contributed by atoms with van der Waals surface area (Å²) in [6.07, 6.45) is 4.92. The molecule has 0 aliphatic heterocycles. The molecule has 0 saturated heterocycles. The molecule has 0 aromatic heterocycles. The van der Waals surface area contributed by atoms with Crippen molar-refractivity contribution in [1.29, 1.82) is 0 Å². The van der Waals surface area contributed by atoms with Gasteiger partial charge in [0.2, 0.25) is 0 Å². The van der Waals surface area contributed by atoms with Gasteiger partial charge in [-0.25, -0.2) is 0 Å². The smallest absolute Gasteiger partial charge is 0.119 e. The minimum absolute atomic E-state index is 0.638. The lowest BCUT2D eigenvalue weighted by atomic mass is 10.2. The van der Waals surface area contributed by atoms with Gasteiger partial charge in [0.05, 0.1) is 6.61 Å². The maximum atomic E-state index is 5.75. The number of nitrogens with one attached hydrogen (secondary N) is 1. The van der Waals surface area contributed by atoms with Gasteiger partial charge < -0.3 is 14.8 Å². The molecule has 130 valence electrons. The second kappa shape index (κ2) is 10.6. The third-order valence-corrected chi connectivity index (χ3v) is 3.84. The van der Waals surface area contributed by atoms with E-state index in [1.807, 2.05) is 36.4 Å². The first-order valence-corrected chi connectivity index (χ1v) is 8.94. The Balaban J connectivity index is 1.62. The lowest BCUT2D eigenvalue weighted by Gasteiger charge is -2.10. The van der Waals surface area contributed by atoms with E-state index < -0.39 is 0 Å². The first-order valence-electron chi connectivity index (χ1n) is 8.94. The number of aryl methyl sites for hydroxylation is 1. The van der Waals surface area contributed by atoms with E-state index in [0.717, 1.165) is 36.8 Å². The quantitative estimate of drug-likeness (QED) is 0.557. The summed E-state index contributed by atoms with van der Waals surface area (Å²) in [5, 5.41) is 3.36. The molecule has 2 aromatic carbocycles. The van der Waals surface area contributed by atoms with Gasteiger partial charge in [0.1, 0.15) is 18.1 Å². The molecule has 0 saturated carbocycles. The topological polar surface area (TPSA) is 30.5 Å². The minimum atomic E-state index is 0.638. The van der Waals surface area contributed by atoms with E-state index in [-0.39, 0.29) is 0 Å². The molecule has 0 amide bonds. The number of hydrogen-bond donors (Lipinski definition) is 1. The molecule has 0 fully saturated rings. The number of rotatable bonds is 11. The van der Waals surface area contributed by atoms with Gasteiger partial charge in [-0.3, -0.25) is 0 Å². The van der Waals surface area contributed by atoms with Gasteiger partial charge in [-0.05, 0) is 49.7 Å². The van der Waals surface area contributed by atoms with Crippen LogP contribution in [0.5, 0.6) is 11.5 Å². The van der Waals surface area contributed by atoms with E-state index in [0.29, 0.717) is 6.61 Å². The zero-order chi connectivity index (χ0) is 17.0. The fourth-order valence-electron chi connectivity index (χ4n) is 2.39. The van der Waals surface area contributed by atoms with Crippen LogP contribution in [0.15, 0.2) is 48.5 Å². The molecule has 3 heteroatoms. The van der Waals surface area contributed by atoms with Gasteiger partial charge in [0.15, 0.2) is 0 Å². The summed E-state index contributed by atoms with van der Waals surface area (Å²) >= 11 is 0. The van der Waals surface area contributed by atoms with Crippen molar-refractivity contribution in [2.75, 3.05) is 25.1 Å². The molecule has 0 heterocycles. The van der Waals surface area contributed by atoms with Crippen LogP contribution in [0, 0.1) is 6.92 Å². The van der Waals surface area contributed by atoms with E-state index in [4.69, 9.17) is 9.47 Å². The van der Waals surface area contributed by atoms with Gasteiger partial charge in [-0.2, -0.15) is 0 Å². The zero-order valence-electron chi connectivity index (χ0n) is 14.9. The summed E-state index contributed by atoms with van der Waals surface area (Å²) < 4.78 is 11.5. The number of unbranched alkanes of at least 4 members (excludes halogenated alkanes) is 3. The van der Waals surface area contributed by atoms with Crippen molar-refractivity contribution in [3.8, 4) is 11.5 Å². The summed E-state index contributed by atoms with van der Waals surface area (Å²) in [5.74, 6) is 1.85. The lowest BCUT2D eigenvalue weighted by Crippen LogP contribution is -2.11. The highest BCUT2D eigenvalue weighted by Gasteiger charge is 1.97. The van der Waals surface area contributed by atoms with E-state index in [9.17, 15) is 0 Å². The van der Waals surface area contributed by atoms with E-state index in [1.54, 1.807) is 0 Å². The standard InChI is InChI=1S/C21H29NO2/c1-3-4-5-6-16-23-21-13-9-19(10-14-21)22-15-17-24-20-11-7-18(2)8-12-20/h7-14,22H,3-6,15-17H2,1-2H3. The predicted octanol–water partition coefficient (Wildman–Crippen LogP) is 5.45. The van der Waals surface area contributed by atoms with Crippen LogP contribution in [-0.2, 0) is 0 Å². The molecule has 0 bridgehead atoms. The first kappa shape index (κ1) is 18.2. The molecule has 0 unspecified atom stereocenters. The molecular formula is C21H29NO2. The molecule has 0 aliphatic rings.